The van der Waals surface area contributed by atoms with Crippen LogP contribution in [0.4, 0.5) is 5.69 Å². The van der Waals surface area contributed by atoms with Crippen molar-refractivity contribution in [2.24, 2.45) is 0 Å². The van der Waals surface area contributed by atoms with E-state index in [0.717, 1.165) is 0 Å². The van der Waals surface area contributed by atoms with Crippen LogP contribution in [0.5, 0.6) is 0 Å². The van der Waals surface area contributed by atoms with Crippen LogP contribution in [-0.2, 0) is 4.79 Å². The van der Waals surface area contributed by atoms with Crippen LogP contribution < -0.4 is 10.6 Å². The van der Waals surface area contributed by atoms with Crippen LogP contribution in [0.2, 0.25) is 5.02 Å². The van der Waals surface area contributed by atoms with E-state index >= 15 is 0 Å². The first-order valence-corrected chi connectivity index (χ1v) is 8.38. The molecule has 1 aromatic carbocycles. The largest absolute Gasteiger partial charge is 0.342 e. The molecule has 0 radical (unpaired) electrons. The summed E-state index contributed by atoms with van der Waals surface area (Å²) in [4.78, 5) is 36.3. The van der Waals surface area contributed by atoms with Crippen molar-refractivity contribution in [2.45, 2.75) is 19.9 Å². The molecule has 9 nitrogen and oxygen atoms in total. The van der Waals surface area contributed by atoms with Crippen LogP contribution in [0.15, 0.2) is 43.0 Å². The predicted octanol–water partition coefficient (Wildman–Crippen LogP) is 2.16. The Morgan fingerprint density at radius 3 is 2.59 bits per heavy atom. The molecule has 0 aliphatic rings. The number of rotatable bonds is 5. The lowest BCUT2D eigenvalue weighted by Gasteiger charge is -2.14. The van der Waals surface area contributed by atoms with Gasteiger partial charge in [0.25, 0.3) is 11.9 Å². The van der Waals surface area contributed by atoms with Crippen molar-refractivity contribution in [3.63, 3.8) is 0 Å². The second kappa shape index (κ2) is 7.92. The van der Waals surface area contributed by atoms with Crippen molar-refractivity contribution in [2.75, 3.05) is 5.32 Å². The summed E-state index contributed by atoms with van der Waals surface area (Å²) in [5.41, 5.74) is 0.744. The third-order valence-corrected chi connectivity index (χ3v) is 3.75. The predicted molar refractivity (Wildman–Crippen MR) is 98.6 cm³/mol. The number of nitrogens with one attached hydrogen (secondary N) is 2. The molecule has 0 saturated carbocycles. The van der Waals surface area contributed by atoms with Gasteiger partial charge in [-0.1, -0.05) is 11.6 Å². The minimum atomic E-state index is -0.480. The summed E-state index contributed by atoms with van der Waals surface area (Å²) in [5, 5.41) is 9.88. The van der Waals surface area contributed by atoms with E-state index in [9.17, 15) is 9.59 Å². The van der Waals surface area contributed by atoms with E-state index in [-0.39, 0.29) is 11.8 Å². The van der Waals surface area contributed by atoms with Gasteiger partial charge in [0.15, 0.2) is 5.82 Å². The zero-order valence-corrected chi connectivity index (χ0v) is 15.3. The minimum Gasteiger partial charge on any atom is -0.342 e. The summed E-state index contributed by atoms with van der Waals surface area (Å²) in [7, 11) is 0. The number of halogens is 1. The van der Waals surface area contributed by atoms with E-state index in [4.69, 9.17) is 11.6 Å². The average molecular weight is 386 g/mol. The molecule has 138 valence electrons. The Kier molecular flexibility index (Phi) is 5.41. The molecular weight excluding hydrogens is 370 g/mol. The number of anilines is 1. The van der Waals surface area contributed by atoms with E-state index in [1.807, 2.05) is 0 Å². The van der Waals surface area contributed by atoms with Crippen LogP contribution in [0.1, 0.15) is 36.1 Å². The highest BCUT2D eigenvalue weighted by atomic mass is 35.5. The molecule has 2 amide bonds. The summed E-state index contributed by atoms with van der Waals surface area (Å²) in [5.74, 6) is 0.188. The van der Waals surface area contributed by atoms with Crippen LogP contribution in [-0.4, -0.2) is 36.5 Å². The summed E-state index contributed by atoms with van der Waals surface area (Å²) in [6.07, 6.45) is 4.54. The maximum absolute atomic E-state index is 12.6. The molecule has 3 aromatic rings. The number of hydrogen-bond donors (Lipinski definition) is 2. The number of amides is 2. The SMILES string of the molecule is CC(=O)Nc1cc(Cl)cc(C(=O)N[C@H](C)c2ncnn2-c2ncccn2)c1. The molecule has 2 aromatic heterocycles. The number of nitrogens with zero attached hydrogens (tertiary/aromatic N) is 5. The van der Waals surface area contributed by atoms with Crippen LogP contribution in [0.25, 0.3) is 5.95 Å². The molecule has 0 aliphatic carbocycles. The first kappa shape index (κ1) is 18.5. The van der Waals surface area contributed by atoms with Crippen LogP contribution in [0, 0.1) is 0 Å². The number of carbonyl (C=O) groups is 2. The molecule has 2 N–H and O–H groups in total. The second-order valence-electron chi connectivity index (χ2n) is 5.68. The fraction of sp³-hybridized carbons (Fsp3) is 0.176. The molecule has 3 rings (SSSR count). The zero-order valence-electron chi connectivity index (χ0n) is 14.5. The zero-order chi connectivity index (χ0) is 19.4. The molecule has 0 spiro atoms. The third kappa shape index (κ3) is 4.45. The number of benzene rings is 1. The highest BCUT2D eigenvalue weighted by Crippen LogP contribution is 2.20. The molecule has 10 heteroatoms. The van der Waals surface area contributed by atoms with E-state index in [0.29, 0.717) is 28.0 Å². The van der Waals surface area contributed by atoms with Gasteiger partial charge in [0.2, 0.25) is 5.91 Å². The van der Waals surface area contributed by atoms with E-state index in [1.165, 1.54) is 24.0 Å². The third-order valence-electron chi connectivity index (χ3n) is 3.53. The monoisotopic (exact) mass is 385 g/mol. The Labute approximate surface area is 159 Å². The Hall–Kier alpha value is -3.33. The van der Waals surface area contributed by atoms with Crippen molar-refractivity contribution in [3.05, 3.63) is 59.4 Å². The maximum Gasteiger partial charge on any atom is 0.252 e. The Balaban J connectivity index is 1.80. The Bertz CT molecular complexity index is 974. The average Bonchev–Trinajstić information content (AvgIpc) is 3.11. The molecule has 0 fully saturated rings. The number of carbonyl (C=O) groups excluding carboxylic acids is 2. The minimum absolute atomic E-state index is 0.257. The van der Waals surface area contributed by atoms with Crippen LogP contribution in [0.3, 0.4) is 0 Å². The molecular formula is C17H16ClN7O2. The Morgan fingerprint density at radius 1 is 1.15 bits per heavy atom. The van der Waals surface area contributed by atoms with Gasteiger partial charge >= 0.3 is 0 Å². The van der Waals surface area contributed by atoms with Gasteiger partial charge < -0.3 is 10.6 Å². The molecule has 0 saturated heterocycles. The first-order chi connectivity index (χ1) is 12.9. The molecule has 2 heterocycles. The normalized spacial score (nSPS) is 11.7. The molecule has 0 unspecified atom stereocenters. The van der Waals surface area contributed by atoms with Gasteiger partial charge in [-0.05, 0) is 31.2 Å². The second-order valence-corrected chi connectivity index (χ2v) is 6.12. The summed E-state index contributed by atoms with van der Waals surface area (Å²) in [6, 6.07) is 5.83. The van der Waals surface area contributed by atoms with Gasteiger partial charge in [0, 0.05) is 35.6 Å². The topological polar surface area (TPSA) is 115 Å². The standard InChI is InChI=1S/C17H16ClN7O2/c1-10(15-21-9-22-25(15)17-19-4-3-5-20-17)23-16(27)12-6-13(18)8-14(7-12)24-11(2)26/h3-10H,1-2H3,(H,23,27)(H,24,26)/t10-/m1/s1. The molecule has 0 bridgehead atoms. The summed E-state index contributed by atoms with van der Waals surface area (Å²) >= 11 is 6.04. The van der Waals surface area contributed by atoms with Gasteiger partial charge in [-0.15, -0.1) is 0 Å². The van der Waals surface area contributed by atoms with E-state index in [2.05, 4.69) is 30.7 Å². The lowest BCUT2D eigenvalue weighted by Crippen LogP contribution is -2.29. The quantitative estimate of drug-likeness (QED) is 0.695. The van der Waals surface area contributed by atoms with Gasteiger partial charge in [0.05, 0.1) is 6.04 Å². The highest BCUT2D eigenvalue weighted by molar-refractivity contribution is 6.31. The van der Waals surface area contributed by atoms with Crippen molar-refractivity contribution >= 4 is 29.1 Å². The number of hydrogen-bond acceptors (Lipinski definition) is 6. The number of aromatic nitrogens is 5. The first-order valence-electron chi connectivity index (χ1n) is 8.00. The lowest BCUT2D eigenvalue weighted by molar-refractivity contribution is -0.114. The molecule has 0 aliphatic heterocycles. The van der Waals surface area contributed by atoms with Gasteiger partial charge in [-0.25, -0.2) is 15.0 Å². The van der Waals surface area contributed by atoms with E-state index in [1.54, 1.807) is 37.5 Å². The van der Waals surface area contributed by atoms with Gasteiger partial charge in [-0.2, -0.15) is 9.78 Å². The van der Waals surface area contributed by atoms with Crippen molar-refractivity contribution in [1.82, 2.24) is 30.0 Å². The van der Waals surface area contributed by atoms with Crippen molar-refractivity contribution < 1.29 is 9.59 Å². The smallest absolute Gasteiger partial charge is 0.252 e. The summed E-state index contributed by atoms with van der Waals surface area (Å²) in [6.45, 7) is 3.14. The fourth-order valence-electron chi connectivity index (χ4n) is 2.44. The van der Waals surface area contributed by atoms with Crippen molar-refractivity contribution in [1.29, 1.82) is 0 Å². The molecule has 1 atom stereocenters. The van der Waals surface area contributed by atoms with Gasteiger partial charge in [0.1, 0.15) is 6.33 Å². The lowest BCUT2D eigenvalue weighted by atomic mass is 10.1. The Morgan fingerprint density at radius 2 is 1.89 bits per heavy atom. The molecule has 27 heavy (non-hydrogen) atoms. The van der Waals surface area contributed by atoms with Crippen LogP contribution >= 0.6 is 11.6 Å². The fourth-order valence-corrected chi connectivity index (χ4v) is 2.68. The highest BCUT2D eigenvalue weighted by Gasteiger charge is 2.19. The maximum atomic E-state index is 12.6. The van der Waals surface area contributed by atoms with Crippen molar-refractivity contribution in [3.8, 4) is 5.95 Å². The van der Waals surface area contributed by atoms with E-state index < -0.39 is 6.04 Å². The van der Waals surface area contributed by atoms with Gasteiger partial charge in [-0.3, -0.25) is 9.59 Å². The summed E-state index contributed by atoms with van der Waals surface area (Å²) < 4.78 is 1.45.